The van der Waals surface area contributed by atoms with Gasteiger partial charge in [-0.3, -0.25) is 14.0 Å². The van der Waals surface area contributed by atoms with Gasteiger partial charge in [0.2, 0.25) is 5.91 Å². The first-order valence-electron chi connectivity index (χ1n) is 8.50. The van der Waals surface area contributed by atoms with Gasteiger partial charge in [0.25, 0.3) is 5.78 Å². The van der Waals surface area contributed by atoms with E-state index in [4.69, 9.17) is 0 Å². The molecule has 1 saturated heterocycles. The molecular formula is C17H13F3N3NaO5S. The summed E-state index contributed by atoms with van der Waals surface area (Å²) in [4.78, 5) is 40.5. The maximum absolute atomic E-state index is 12.8. The van der Waals surface area contributed by atoms with Gasteiger partial charge in [-0.05, 0) is 6.92 Å². The van der Waals surface area contributed by atoms with Crippen molar-refractivity contribution >= 4 is 39.4 Å². The molecule has 30 heavy (non-hydrogen) atoms. The quantitative estimate of drug-likeness (QED) is 0.311. The summed E-state index contributed by atoms with van der Waals surface area (Å²) in [7, 11) is 0. The number of rotatable bonds is 4. The number of carbonyl (C=O) groups is 3. The first kappa shape index (κ1) is 22.9. The molecule has 4 atom stereocenters. The van der Waals surface area contributed by atoms with Gasteiger partial charge in [-0.1, -0.05) is 6.92 Å². The Bertz CT molecular complexity index is 1110. The molecule has 13 heteroatoms. The standard InChI is InChI=1S/C17H14F3N3O5S.Na/c1-5-8(12(16(27)28)23-11(5)9(6(2)24)14(23)26)7-3-22-4-21-10(15(22)29-7)13(25)17(18,19)20;/h3-6,9,11,24H,1-2H3,(H,27,28);/q;+1/p-1/t5-,6+,9+,11+;/m0./s1. The Hall–Kier alpha value is -1.73. The second-order valence-corrected chi connectivity index (χ2v) is 8.06. The zero-order valence-electron chi connectivity index (χ0n) is 15.9. The maximum Gasteiger partial charge on any atom is 1.00 e. The van der Waals surface area contributed by atoms with Gasteiger partial charge < -0.3 is 19.9 Å². The van der Waals surface area contributed by atoms with Crippen molar-refractivity contribution < 1.29 is 67.3 Å². The molecule has 2 aliphatic heterocycles. The van der Waals surface area contributed by atoms with Crippen LogP contribution in [0.25, 0.3) is 10.4 Å². The predicted octanol–water partition coefficient (Wildman–Crippen LogP) is -2.54. The summed E-state index contributed by atoms with van der Waals surface area (Å²) >= 11 is 0.770. The van der Waals surface area contributed by atoms with Crippen molar-refractivity contribution in [3.05, 3.63) is 28.8 Å². The Morgan fingerprint density at radius 3 is 2.53 bits per heavy atom. The van der Waals surface area contributed by atoms with Crippen molar-refractivity contribution in [2.45, 2.75) is 32.2 Å². The Labute approximate surface area is 193 Å². The number of β-lactam (4-membered cyclic amide) rings is 1. The van der Waals surface area contributed by atoms with E-state index >= 15 is 0 Å². The molecule has 0 aliphatic carbocycles. The number of imidazole rings is 1. The van der Waals surface area contributed by atoms with Crippen molar-refractivity contribution in [1.29, 1.82) is 0 Å². The topological polar surface area (TPSA) is 115 Å². The van der Waals surface area contributed by atoms with Crippen molar-refractivity contribution in [1.82, 2.24) is 14.3 Å². The second-order valence-electron chi connectivity index (χ2n) is 7.03. The van der Waals surface area contributed by atoms with Crippen LogP contribution in [0.15, 0.2) is 18.2 Å². The summed E-state index contributed by atoms with van der Waals surface area (Å²) in [5.74, 6) is -5.56. The Balaban J connectivity index is 0.00000256. The molecule has 4 heterocycles. The van der Waals surface area contributed by atoms with Crippen molar-refractivity contribution in [3.8, 4) is 0 Å². The van der Waals surface area contributed by atoms with Gasteiger partial charge >= 0.3 is 35.7 Å². The minimum absolute atomic E-state index is 0. The monoisotopic (exact) mass is 451 g/mol. The number of nitrogens with zero attached hydrogens (tertiary/aromatic N) is 3. The second kappa shape index (κ2) is 7.45. The number of Topliss-reactive ketones (excluding diaryl/α,β-unsaturated/α-hetero) is 1. The SMILES string of the molecule is C[C@@H](O)[C@H]1C(=O)N2C(C(=O)[O-])=C(c3cn4cnc(C(=O)C(F)(F)F)c4s3)[C@H](C)[C@H]12.[Na+]. The molecule has 0 radical (unpaired) electrons. The number of aliphatic carboxylic acids is 1. The molecular weight excluding hydrogens is 438 g/mol. The maximum atomic E-state index is 12.8. The van der Waals surface area contributed by atoms with E-state index in [2.05, 4.69) is 4.98 Å². The van der Waals surface area contributed by atoms with E-state index in [9.17, 15) is 37.8 Å². The van der Waals surface area contributed by atoms with Crippen molar-refractivity contribution in [3.63, 3.8) is 0 Å². The fourth-order valence-corrected chi connectivity index (χ4v) is 5.31. The Kier molecular flexibility index (Phi) is 5.70. The van der Waals surface area contributed by atoms with E-state index in [-0.39, 0.29) is 50.5 Å². The summed E-state index contributed by atoms with van der Waals surface area (Å²) in [5, 5.41) is 21.6. The summed E-state index contributed by atoms with van der Waals surface area (Å²) in [5.41, 5.74) is -0.938. The van der Waals surface area contributed by atoms with E-state index < -0.39 is 53.5 Å². The number of hydrogen-bond acceptors (Lipinski definition) is 7. The molecule has 0 spiro atoms. The number of aliphatic hydroxyl groups is 1. The number of carboxylic acids is 1. The first-order valence-corrected chi connectivity index (χ1v) is 9.31. The van der Waals surface area contributed by atoms with Crippen LogP contribution in [0.2, 0.25) is 0 Å². The average Bonchev–Trinajstić information content (AvgIpc) is 3.22. The average molecular weight is 451 g/mol. The largest absolute Gasteiger partial charge is 1.00 e. The summed E-state index contributed by atoms with van der Waals surface area (Å²) in [6.45, 7) is 3.10. The molecule has 154 valence electrons. The molecule has 4 rings (SSSR count). The number of hydrogen-bond donors (Lipinski definition) is 1. The molecule has 1 N–H and O–H groups in total. The minimum Gasteiger partial charge on any atom is -0.543 e. The molecule has 0 saturated carbocycles. The third kappa shape index (κ3) is 3.12. The molecule has 0 aromatic carbocycles. The summed E-state index contributed by atoms with van der Waals surface area (Å²) in [6.07, 6.45) is -3.70. The van der Waals surface area contributed by atoms with Gasteiger partial charge in [-0.2, -0.15) is 13.2 Å². The van der Waals surface area contributed by atoms with Crippen LogP contribution in [0.3, 0.4) is 0 Å². The zero-order chi connectivity index (χ0) is 21.4. The molecule has 1 fully saturated rings. The normalized spacial score (nSPS) is 24.5. The molecule has 1 amide bonds. The van der Waals surface area contributed by atoms with Crippen LogP contribution in [0.1, 0.15) is 29.2 Å². The Morgan fingerprint density at radius 1 is 1.37 bits per heavy atom. The van der Waals surface area contributed by atoms with Crippen LogP contribution in [-0.4, -0.2) is 55.4 Å². The van der Waals surface area contributed by atoms with Crippen LogP contribution in [0.5, 0.6) is 0 Å². The number of halogens is 3. The number of fused-ring (bicyclic) bond motifs is 2. The smallest absolute Gasteiger partial charge is 0.543 e. The fraction of sp³-hybridized carbons (Fsp3) is 0.412. The predicted molar refractivity (Wildman–Crippen MR) is 90.4 cm³/mol. The van der Waals surface area contributed by atoms with Gasteiger partial charge in [-0.25, -0.2) is 4.98 Å². The fourth-order valence-electron chi connectivity index (χ4n) is 4.10. The van der Waals surface area contributed by atoms with Gasteiger partial charge in [0, 0.05) is 17.7 Å². The molecule has 8 nitrogen and oxygen atoms in total. The number of ketones is 1. The van der Waals surface area contributed by atoms with Crippen LogP contribution in [0, 0.1) is 11.8 Å². The number of carboxylic acid groups (broad SMARTS) is 1. The molecule has 2 aromatic rings. The van der Waals surface area contributed by atoms with E-state index in [0.29, 0.717) is 0 Å². The Morgan fingerprint density at radius 2 is 2.00 bits per heavy atom. The van der Waals surface area contributed by atoms with Gasteiger partial charge in [0.1, 0.15) is 11.2 Å². The van der Waals surface area contributed by atoms with Gasteiger partial charge in [-0.15, -0.1) is 11.3 Å². The van der Waals surface area contributed by atoms with Crippen LogP contribution < -0.4 is 34.7 Å². The minimum atomic E-state index is -5.10. The van der Waals surface area contributed by atoms with Gasteiger partial charge in [0.05, 0.1) is 34.6 Å². The van der Waals surface area contributed by atoms with Crippen LogP contribution in [0.4, 0.5) is 13.2 Å². The van der Waals surface area contributed by atoms with Crippen LogP contribution >= 0.6 is 11.3 Å². The summed E-state index contributed by atoms with van der Waals surface area (Å²) in [6, 6.07) is -0.596. The van der Waals surface area contributed by atoms with E-state index in [1.54, 1.807) is 6.92 Å². The number of carbonyl (C=O) groups excluding carboxylic acids is 3. The van der Waals surface area contributed by atoms with E-state index in [1.807, 2.05) is 0 Å². The third-order valence-electron chi connectivity index (χ3n) is 5.31. The number of amides is 1. The zero-order valence-corrected chi connectivity index (χ0v) is 18.7. The first-order chi connectivity index (χ1) is 13.4. The third-order valence-corrected chi connectivity index (χ3v) is 6.46. The van der Waals surface area contributed by atoms with Gasteiger partial charge in [0.15, 0.2) is 5.69 Å². The number of aromatic nitrogens is 2. The number of aliphatic hydroxyl groups excluding tert-OH is 1. The summed E-state index contributed by atoms with van der Waals surface area (Å²) < 4.78 is 39.6. The van der Waals surface area contributed by atoms with Crippen molar-refractivity contribution in [2.75, 3.05) is 0 Å². The molecule has 2 aromatic heterocycles. The number of thiazole rings is 1. The van der Waals surface area contributed by atoms with E-state index in [1.165, 1.54) is 17.5 Å². The van der Waals surface area contributed by atoms with Crippen LogP contribution in [-0.2, 0) is 9.59 Å². The molecule has 0 bridgehead atoms. The molecule has 0 unspecified atom stereocenters. The van der Waals surface area contributed by atoms with Crippen molar-refractivity contribution in [2.24, 2.45) is 11.8 Å². The van der Waals surface area contributed by atoms with E-state index in [0.717, 1.165) is 22.6 Å². The molecule has 2 aliphatic rings. The number of alkyl halides is 3.